The third-order valence-corrected chi connectivity index (χ3v) is 4.49. The number of hydrogen-bond donors (Lipinski definition) is 2. The highest BCUT2D eigenvalue weighted by atomic mass is 32.1. The van der Waals surface area contributed by atoms with Crippen LogP contribution in [-0.4, -0.2) is 29.0 Å². The van der Waals surface area contributed by atoms with Crippen LogP contribution in [0.15, 0.2) is 35.8 Å². The molecule has 1 amide bonds. The Morgan fingerprint density at radius 3 is 2.76 bits per heavy atom. The summed E-state index contributed by atoms with van der Waals surface area (Å²) in [5.74, 6) is -0.632. The maximum Gasteiger partial charge on any atom is 0.354 e. The molecule has 0 saturated heterocycles. The van der Waals surface area contributed by atoms with E-state index in [-0.39, 0.29) is 5.91 Å². The van der Waals surface area contributed by atoms with Crippen molar-refractivity contribution in [3.8, 4) is 11.3 Å². The molecule has 0 radical (unpaired) electrons. The van der Waals surface area contributed by atoms with E-state index >= 15 is 0 Å². The van der Waals surface area contributed by atoms with Crippen LogP contribution in [0.3, 0.4) is 0 Å². The molecule has 2 N–H and O–H groups in total. The fourth-order valence-corrected chi connectivity index (χ4v) is 3.18. The number of H-pyrrole nitrogens is 1. The van der Waals surface area contributed by atoms with Crippen LogP contribution < -0.4 is 5.32 Å². The van der Waals surface area contributed by atoms with Crippen LogP contribution >= 0.6 is 11.3 Å². The number of methoxy groups -OCH3 is 1. The molecule has 0 unspecified atom stereocenters. The lowest BCUT2D eigenvalue weighted by Crippen LogP contribution is -2.13. The van der Waals surface area contributed by atoms with Gasteiger partial charge in [-0.3, -0.25) is 10.1 Å². The van der Waals surface area contributed by atoms with E-state index in [0.29, 0.717) is 22.1 Å². The number of ether oxygens (including phenoxy) is 1. The molecule has 1 aromatic carbocycles. The summed E-state index contributed by atoms with van der Waals surface area (Å²) in [5.41, 5.74) is 4.43. The van der Waals surface area contributed by atoms with E-state index in [4.69, 9.17) is 0 Å². The lowest BCUT2D eigenvalue weighted by Gasteiger charge is -2.06. The molecule has 25 heavy (non-hydrogen) atoms. The molecular formula is C18H17N3O3S. The number of esters is 1. The van der Waals surface area contributed by atoms with E-state index < -0.39 is 5.97 Å². The number of aromatic amines is 1. The highest BCUT2D eigenvalue weighted by molar-refractivity contribution is 7.14. The molecule has 0 spiro atoms. The van der Waals surface area contributed by atoms with E-state index in [1.54, 1.807) is 12.3 Å². The lowest BCUT2D eigenvalue weighted by molar-refractivity contribution is 0.0594. The van der Waals surface area contributed by atoms with Crippen LogP contribution in [0.2, 0.25) is 0 Å². The van der Waals surface area contributed by atoms with Gasteiger partial charge in [-0.1, -0.05) is 17.7 Å². The number of carbonyl (C=O) groups is 2. The van der Waals surface area contributed by atoms with Crippen LogP contribution in [-0.2, 0) is 4.74 Å². The Bertz CT molecular complexity index is 943. The first kappa shape index (κ1) is 16.9. The van der Waals surface area contributed by atoms with Crippen molar-refractivity contribution in [3.05, 3.63) is 58.2 Å². The lowest BCUT2D eigenvalue weighted by atomic mass is 10.1. The Kier molecular flexibility index (Phi) is 4.67. The summed E-state index contributed by atoms with van der Waals surface area (Å²) in [6.45, 7) is 3.89. The summed E-state index contributed by atoms with van der Waals surface area (Å²) in [6, 6.07) is 7.35. The highest BCUT2D eigenvalue weighted by Gasteiger charge is 2.14. The van der Waals surface area contributed by atoms with Crippen LogP contribution in [0.4, 0.5) is 5.13 Å². The highest BCUT2D eigenvalue weighted by Crippen LogP contribution is 2.26. The Labute approximate surface area is 148 Å². The average molecular weight is 355 g/mol. The maximum absolute atomic E-state index is 12.4. The van der Waals surface area contributed by atoms with Gasteiger partial charge in [-0.25, -0.2) is 9.78 Å². The van der Waals surface area contributed by atoms with Gasteiger partial charge in [-0.05, 0) is 31.5 Å². The number of hydrogen-bond acceptors (Lipinski definition) is 5. The third kappa shape index (κ3) is 3.61. The minimum Gasteiger partial charge on any atom is -0.464 e. The molecule has 2 heterocycles. The molecule has 128 valence electrons. The third-order valence-electron chi connectivity index (χ3n) is 3.74. The number of aromatic nitrogens is 2. The second kappa shape index (κ2) is 6.90. The van der Waals surface area contributed by atoms with E-state index in [0.717, 1.165) is 16.7 Å². The zero-order chi connectivity index (χ0) is 18.0. The number of thiazole rings is 1. The van der Waals surface area contributed by atoms with E-state index in [9.17, 15) is 9.59 Å². The first-order chi connectivity index (χ1) is 12.0. The number of amides is 1. The van der Waals surface area contributed by atoms with Gasteiger partial charge in [0.15, 0.2) is 5.13 Å². The van der Waals surface area contributed by atoms with E-state index in [2.05, 4.69) is 20.0 Å². The maximum atomic E-state index is 12.4. The standard InChI is InChI=1S/C18H17N3O3S/c1-10-4-5-13(11(2)6-10)16(22)21-18-20-15(9-25-18)12-7-14(19-8-12)17(23)24-3/h4-9,19H,1-3H3,(H,20,21,22). The first-order valence-corrected chi connectivity index (χ1v) is 8.47. The summed E-state index contributed by atoms with van der Waals surface area (Å²) in [7, 11) is 1.33. The molecule has 0 aliphatic rings. The number of nitrogens with one attached hydrogen (secondary N) is 2. The molecule has 0 fully saturated rings. The SMILES string of the molecule is COC(=O)c1cc(-c2csc(NC(=O)c3ccc(C)cc3C)n2)c[nH]1. The summed E-state index contributed by atoms with van der Waals surface area (Å²) in [5, 5.41) is 5.14. The second-order valence-corrected chi connectivity index (χ2v) is 6.46. The molecule has 0 atom stereocenters. The van der Waals surface area contributed by atoms with Crippen molar-refractivity contribution in [1.82, 2.24) is 9.97 Å². The fraction of sp³-hybridized carbons (Fsp3) is 0.167. The van der Waals surface area contributed by atoms with Gasteiger partial charge in [-0.15, -0.1) is 11.3 Å². The van der Waals surface area contributed by atoms with Gasteiger partial charge in [0.2, 0.25) is 0 Å². The van der Waals surface area contributed by atoms with Crippen molar-refractivity contribution >= 4 is 28.3 Å². The van der Waals surface area contributed by atoms with Gasteiger partial charge >= 0.3 is 5.97 Å². The minimum atomic E-state index is -0.440. The molecule has 2 aromatic heterocycles. The van der Waals surface area contributed by atoms with Gasteiger partial charge in [0.1, 0.15) is 5.69 Å². The van der Waals surface area contributed by atoms with Gasteiger partial charge in [0.05, 0.1) is 12.8 Å². The molecule has 0 aliphatic carbocycles. The molecule has 6 nitrogen and oxygen atoms in total. The molecule has 3 rings (SSSR count). The van der Waals surface area contributed by atoms with Crippen LogP contribution in [0.5, 0.6) is 0 Å². The zero-order valence-corrected chi connectivity index (χ0v) is 14.9. The van der Waals surface area contributed by atoms with Crippen molar-refractivity contribution in [1.29, 1.82) is 0 Å². The molecule has 3 aromatic rings. The second-order valence-electron chi connectivity index (χ2n) is 5.60. The largest absolute Gasteiger partial charge is 0.464 e. The monoisotopic (exact) mass is 355 g/mol. The van der Waals surface area contributed by atoms with Gasteiger partial charge in [-0.2, -0.15) is 0 Å². The molecule has 7 heteroatoms. The smallest absolute Gasteiger partial charge is 0.354 e. The number of nitrogens with zero attached hydrogens (tertiary/aromatic N) is 1. The van der Waals surface area contributed by atoms with Crippen LogP contribution in [0.1, 0.15) is 32.0 Å². The van der Waals surface area contributed by atoms with Crippen molar-refractivity contribution < 1.29 is 14.3 Å². The van der Waals surface area contributed by atoms with Gasteiger partial charge in [0.25, 0.3) is 5.91 Å². The number of aryl methyl sites for hydroxylation is 2. The van der Waals surface area contributed by atoms with Crippen LogP contribution in [0.25, 0.3) is 11.3 Å². The Balaban J connectivity index is 1.76. The predicted molar refractivity (Wildman–Crippen MR) is 97.1 cm³/mol. The van der Waals surface area contributed by atoms with E-state index in [1.165, 1.54) is 18.4 Å². The first-order valence-electron chi connectivity index (χ1n) is 7.59. The van der Waals surface area contributed by atoms with E-state index in [1.807, 2.05) is 37.4 Å². The van der Waals surface area contributed by atoms with Crippen molar-refractivity contribution in [2.45, 2.75) is 13.8 Å². The molecular weight excluding hydrogens is 338 g/mol. The van der Waals surface area contributed by atoms with Gasteiger partial charge in [0, 0.05) is 22.7 Å². The molecule has 0 saturated carbocycles. The summed E-state index contributed by atoms with van der Waals surface area (Å²) < 4.78 is 4.67. The number of anilines is 1. The predicted octanol–water partition coefficient (Wildman–Crippen LogP) is 3.79. The average Bonchev–Trinajstić information content (AvgIpc) is 3.23. The Morgan fingerprint density at radius 1 is 1.24 bits per heavy atom. The fourth-order valence-electron chi connectivity index (χ4n) is 2.47. The molecule has 0 aliphatic heterocycles. The number of benzene rings is 1. The number of rotatable bonds is 4. The Hall–Kier alpha value is -2.93. The Morgan fingerprint density at radius 2 is 2.04 bits per heavy atom. The summed E-state index contributed by atoms with van der Waals surface area (Å²) >= 11 is 1.33. The zero-order valence-electron chi connectivity index (χ0n) is 14.0. The topological polar surface area (TPSA) is 84.1 Å². The van der Waals surface area contributed by atoms with Crippen molar-refractivity contribution in [2.24, 2.45) is 0 Å². The van der Waals surface area contributed by atoms with Crippen molar-refractivity contribution in [2.75, 3.05) is 12.4 Å². The minimum absolute atomic E-state index is 0.192. The molecule has 0 bridgehead atoms. The van der Waals surface area contributed by atoms with Crippen LogP contribution in [0, 0.1) is 13.8 Å². The quantitative estimate of drug-likeness (QED) is 0.697. The normalized spacial score (nSPS) is 10.5. The number of carbonyl (C=O) groups excluding carboxylic acids is 2. The van der Waals surface area contributed by atoms with Gasteiger partial charge < -0.3 is 9.72 Å². The summed E-state index contributed by atoms with van der Waals surface area (Å²) in [4.78, 5) is 31.2. The van der Waals surface area contributed by atoms with Crippen molar-refractivity contribution in [3.63, 3.8) is 0 Å². The summed E-state index contributed by atoms with van der Waals surface area (Å²) in [6.07, 6.45) is 1.68.